The molecule has 1 aromatic carbocycles. The maximum atomic E-state index is 12.1. The number of nitrogens with one attached hydrogen (secondary N) is 3. The highest BCUT2D eigenvalue weighted by Crippen LogP contribution is 2.22. The predicted molar refractivity (Wildman–Crippen MR) is 98.3 cm³/mol. The molecule has 0 amide bonds. The lowest BCUT2D eigenvalue weighted by Crippen LogP contribution is -2.35. The molecule has 0 unspecified atom stereocenters. The standard InChI is InChI=1S/C16H17Cl2N5O3/c17-10-2-1-9(5-11(10)18)7-19-14(26-4-3-24)6-13-21-12-8-20-23-15(12)16(25)22-13/h1-2,5,8,14,19,24H,3-4,6-7H2,(H,20,23)(H,21,22,25)/t14-/m0/s1/i7D2. The van der Waals surface area contributed by atoms with Crippen LogP contribution < -0.4 is 10.9 Å². The average Bonchev–Trinajstić information content (AvgIpc) is 3.10. The molecule has 8 nitrogen and oxygen atoms in total. The zero-order valence-corrected chi connectivity index (χ0v) is 14.9. The Kier molecular flexibility index (Phi) is 5.37. The lowest BCUT2D eigenvalue weighted by molar-refractivity contribution is 0.00742. The summed E-state index contributed by atoms with van der Waals surface area (Å²) in [7, 11) is 0. The van der Waals surface area contributed by atoms with Gasteiger partial charge in [0.2, 0.25) is 0 Å². The summed E-state index contributed by atoms with van der Waals surface area (Å²) in [5.41, 5.74) is 0.472. The van der Waals surface area contributed by atoms with E-state index in [2.05, 4.69) is 25.5 Å². The first-order valence-electron chi connectivity index (χ1n) is 8.68. The van der Waals surface area contributed by atoms with Crippen molar-refractivity contribution in [2.75, 3.05) is 13.2 Å². The number of rotatable bonds is 8. The molecule has 4 N–H and O–H groups in total. The summed E-state index contributed by atoms with van der Waals surface area (Å²) in [4.78, 5) is 18.9. The highest BCUT2D eigenvalue weighted by molar-refractivity contribution is 6.42. The Bertz CT molecular complexity index is 1030. The second-order valence-electron chi connectivity index (χ2n) is 5.33. The second-order valence-corrected chi connectivity index (χ2v) is 6.14. The van der Waals surface area contributed by atoms with E-state index in [-0.39, 0.29) is 41.6 Å². The number of fused-ring (bicyclic) bond motifs is 1. The Morgan fingerprint density at radius 2 is 2.23 bits per heavy atom. The summed E-state index contributed by atoms with van der Waals surface area (Å²) >= 11 is 11.9. The minimum Gasteiger partial charge on any atom is -0.394 e. The number of aliphatic hydroxyl groups excluding tert-OH is 1. The molecule has 10 heteroatoms. The van der Waals surface area contributed by atoms with Gasteiger partial charge in [0.25, 0.3) is 5.56 Å². The van der Waals surface area contributed by atoms with Gasteiger partial charge in [0, 0.05) is 15.7 Å². The minimum absolute atomic E-state index is 0.0344. The third-order valence-corrected chi connectivity index (χ3v) is 4.18. The Labute approximate surface area is 161 Å². The molecule has 0 fully saturated rings. The van der Waals surface area contributed by atoms with E-state index in [1.807, 2.05) is 0 Å². The molecular weight excluding hydrogens is 381 g/mol. The first-order chi connectivity index (χ1) is 13.3. The summed E-state index contributed by atoms with van der Waals surface area (Å²) in [6, 6.07) is 4.41. The van der Waals surface area contributed by atoms with E-state index < -0.39 is 18.3 Å². The summed E-state index contributed by atoms with van der Waals surface area (Å²) in [5, 5.41) is 18.6. The summed E-state index contributed by atoms with van der Waals surface area (Å²) in [6.07, 6.45) is 0.557. The molecule has 26 heavy (non-hydrogen) atoms. The monoisotopic (exact) mass is 399 g/mol. The quantitative estimate of drug-likeness (QED) is 0.427. The molecule has 0 aliphatic rings. The number of aliphatic hydroxyl groups is 1. The Morgan fingerprint density at radius 1 is 1.38 bits per heavy atom. The molecule has 0 aliphatic carbocycles. The van der Waals surface area contributed by atoms with E-state index in [1.54, 1.807) is 0 Å². The third-order valence-electron chi connectivity index (χ3n) is 3.45. The molecule has 0 aliphatic heterocycles. The van der Waals surface area contributed by atoms with Gasteiger partial charge in [0.05, 0.1) is 29.5 Å². The van der Waals surface area contributed by atoms with E-state index in [4.69, 9.17) is 35.8 Å². The van der Waals surface area contributed by atoms with Crippen molar-refractivity contribution in [3.8, 4) is 0 Å². The summed E-state index contributed by atoms with van der Waals surface area (Å²) in [5.74, 6) is 0.277. The van der Waals surface area contributed by atoms with Crippen molar-refractivity contribution in [3.63, 3.8) is 0 Å². The van der Waals surface area contributed by atoms with Crippen LogP contribution in [0.4, 0.5) is 0 Å². The normalized spacial score (nSPS) is 14.3. The third kappa shape index (κ3) is 4.60. The topological polar surface area (TPSA) is 116 Å². The average molecular weight is 400 g/mol. The number of aromatic nitrogens is 4. The van der Waals surface area contributed by atoms with Crippen molar-refractivity contribution in [3.05, 3.63) is 56.2 Å². The lowest BCUT2D eigenvalue weighted by atomic mass is 10.2. The van der Waals surface area contributed by atoms with Crippen LogP contribution in [0.1, 0.15) is 14.1 Å². The first-order valence-corrected chi connectivity index (χ1v) is 8.43. The molecule has 0 saturated carbocycles. The molecule has 2 heterocycles. The van der Waals surface area contributed by atoms with Crippen LogP contribution in [0, 0.1) is 0 Å². The van der Waals surface area contributed by atoms with Gasteiger partial charge in [-0.3, -0.25) is 15.2 Å². The van der Waals surface area contributed by atoms with E-state index in [0.717, 1.165) is 0 Å². The number of hydrogen-bond acceptors (Lipinski definition) is 6. The smallest absolute Gasteiger partial charge is 0.276 e. The SMILES string of the molecule is [2H]C([2H])(N[C@H](Cc1nc2cn[nH]c2c(=O)[nH]1)OCCO)c1ccc(Cl)c(Cl)c1. The molecule has 1 atom stereocenters. The van der Waals surface area contributed by atoms with E-state index in [9.17, 15) is 4.79 Å². The lowest BCUT2D eigenvalue weighted by Gasteiger charge is -2.19. The van der Waals surface area contributed by atoms with Crippen LogP contribution in [0.2, 0.25) is 10.0 Å². The number of benzene rings is 1. The number of aromatic amines is 2. The molecule has 0 radical (unpaired) electrons. The van der Waals surface area contributed by atoms with Gasteiger partial charge in [-0.25, -0.2) is 4.98 Å². The maximum absolute atomic E-state index is 12.1. The number of nitrogens with zero attached hydrogens (tertiary/aromatic N) is 2. The van der Waals surface area contributed by atoms with Crippen molar-refractivity contribution in [2.45, 2.75) is 19.1 Å². The molecule has 0 saturated heterocycles. The Hall–Kier alpha value is -1.97. The van der Waals surface area contributed by atoms with Gasteiger partial charge in [-0.1, -0.05) is 29.3 Å². The second kappa shape index (κ2) is 8.61. The fraction of sp³-hybridized carbons (Fsp3) is 0.312. The van der Waals surface area contributed by atoms with Crippen LogP contribution in [0.5, 0.6) is 0 Å². The fourth-order valence-corrected chi connectivity index (χ4v) is 2.55. The van der Waals surface area contributed by atoms with Crippen LogP contribution in [0.3, 0.4) is 0 Å². The number of halogens is 2. The summed E-state index contributed by atoms with van der Waals surface area (Å²) < 4.78 is 22.1. The van der Waals surface area contributed by atoms with E-state index in [0.29, 0.717) is 10.5 Å². The molecule has 2 aromatic heterocycles. The minimum atomic E-state index is -2.03. The van der Waals surface area contributed by atoms with E-state index in [1.165, 1.54) is 24.4 Å². The van der Waals surface area contributed by atoms with Gasteiger partial charge in [-0.15, -0.1) is 0 Å². The van der Waals surface area contributed by atoms with Crippen molar-refractivity contribution in [1.29, 1.82) is 0 Å². The van der Waals surface area contributed by atoms with Crippen LogP contribution in [0.25, 0.3) is 11.0 Å². The van der Waals surface area contributed by atoms with Gasteiger partial charge in [-0.05, 0) is 17.7 Å². The zero-order chi connectivity index (χ0) is 20.3. The van der Waals surface area contributed by atoms with Crippen LogP contribution in [-0.4, -0.2) is 44.7 Å². The first kappa shape index (κ1) is 16.2. The fourth-order valence-electron chi connectivity index (χ4n) is 2.26. The van der Waals surface area contributed by atoms with Gasteiger partial charge >= 0.3 is 0 Å². The highest BCUT2D eigenvalue weighted by Gasteiger charge is 2.14. The number of hydrogen-bond donors (Lipinski definition) is 4. The molecule has 0 bridgehead atoms. The molecular formula is C16H17Cl2N5O3. The van der Waals surface area contributed by atoms with Crippen LogP contribution >= 0.6 is 23.2 Å². The van der Waals surface area contributed by atoms with Gasteiger partial charge in [-0.2, -0.15) is 5.10 Å². The molecule has 0 spiro atoms. The molecule has 3 aromatic rings. The Morgan fingerprint density at radius 3 is 3.00 bits per heavy atom. The van der Waals surface area contributed by atoms with Crippen molar-refractivity contribution >= 4 is 34.2 Å². The summed E-state index contributed by atoms with van der Waals surface area (Å²) in [6.45, 7) is -2.32. The molecule has 138 valence electrons. The van der Waals surface area contributed by atoms with Gasteiger partial charge < -0.3 is 14.8 Å². The molecule has 3 rings (SSSR count). The zero-order valence-electron chi connectivity index (χ0n) is 15.4. The maximum Gasteiger partial charge on any atom is 0.276 e. The van der Waals surface area contributed by atoms with E-state index >= 15 is 0 Å². The van der Waals surface area contributed by atoms with Gasteiger partial charge in [0.15, 0.2) is 0 Å². The number of ether oxygens (including phenoxy) is 1. The predicted octanol–water partition coefficient (Wildman–Crippen LogP) is 1.62. The van der Waals surface area contributed by atoms with Crippen molar-refractivity contribution in [2.24, 2.45) is 0 Å². The van der Waals surface area contributed by atoms with Crippen molar-refractivity contribution < 1.29 is 12.6 Å². The largest absolute Gasteiger partial charge is 0.394 e. The number of H-pyrrole nitrogens is 2. The van der Waals surface area contributed by atoms with Crippen LogP contribution in [-0.2, 0) is 17.7 Å². The van der Waals surface area contributed by atoms with Crippen molar-refractivity contribution in [1.82, 2.24) is 25.5 Å². The van der Waals surface area contributed by atoms with Crippen LogP contribution in [0.15, 0.2) is 29.2 Å². The van der Waals surface area contributed by atoms with Gasteiger partial charge in [0.1, 0.15) is 23.1 Å². The highest BCUT2D eigenvalue weighted by atomic mass is 35.5. The Balaban J connectivity index is 1.84.